The molecule has 0 saturated carbocycles. The summed E-state index contributed by atoms with van der Waals surface area (Å²) in [6.07, 6.45) is 4.84. The zero-order valence-electron chi connectivity index (χ0n) is 15.9. The molecule has 1 N–H and O–H groups in total. The topological polar surface area (TPSA) is 49.4 Å². The van der Waals surface area contributed by atoms with Crippen LogP contribution in [0.5, 0.6) is 0 Å². The Morgan fingerprint density at radius 1 is 1.20 bits per heavy atom. The van der Waals surface area contributed by atoms with Crippen LogP contribution in [-0.4, -0.2) is 35.8 Å². The van der Waals surface area contributed by atoms with Crippen LogP contribution in [0.4, 0.5) is 0 Å². The summed E-state index contributed by atoms with van der Waals surface area (Å²) in [7, 11) is 0. The Morgan fingerprint density at radius 2 is 1.88 bits per heavy atom. The van der Waals surface area contributed by atoms with E-state index in [0.717, 1.165) is 45.2 Å². The van der Waals surface area contributed by atoms with Gasteiger partial charge in [0.2, 0.25) is 11.8 Å². The van der Waals surface area contributed by atoms with E-state index >= 15 is 0 Å². The van der Waals surface area contributed by atoms with Crippen molar-refractivity contribution in [1.82, 2.24) is 10.2 Å². The van der Waals surface area contributed by atoms with Gasteiger partial charge in [0.15, 0.2) is 0 Å². The Balaban J connectivity index is 1.72. The summed E-state index contributed by atoms with van der Waals surface area (Å²) in [5.41, 5.74) is 2.44. The van der Waals surface area contributed by atoms with Gasteiger partial charge in [0.05, 0.1) is 0 Å². The number of piperidine rings is 1. The van der Waals surface area contributed by atoms with Gasteiger partial charge in [-0.15, -0.1) is 0 Å². The maximum Gasteiger partial charge on any atom is 0.225 e. The maximum absolute atomic E-state index is 12.4. The molecule has 1 aromatic carbocycles. The molecule has 2 rings (SSSR count). The quantitative estimate of drug-likeness (QED) is 0.823. The molecule has 2 amide bonds. The molecule has 1 heterocycles. The van der Waals surface area contributed by atoms with Crippen LogP contribution < -0.4 is 5.32 Å². The third-order valence-corrected chi connectivity index (χ3v) is 5.23. The number of rotatable bonds is 7. The zero-order valence-corrected chi connectivity index (χ0v) is 15.9. The minimum atomic E-state index is 0.117. The van der Waals surface area contributed by atoms with Crippen molar-refractivity contribution in [3.8, 4) is 0 Å². The fourth-order valence-corrected chi connectivity index (χ4v) is 3.57. The van der Waals surface area contributed by atoms with E-state index in [4.69, 9.17) is 0 Å². The van der Waals surface area contributed by atoms with Gasteiger partial charge in [-0.2, -0.15) is 0 Å². The summed E-state index contributed by atoms with van der Waals surface area (Å²) >= 11 is 0. The number of likely N-dealkylation sites (tertiary alicyclic amines) is 1. The fourth-order valence-electron chi connectivity index (χ4n) is 3.57. The lowest BCUT2D eigenvalue weighted by molar-refractivity contribution is -0.137. The number of aryl methyl sites for hydroxylation is 2. The first kappa shape index (κ1) is 19.5. The predicted molar refractivity (Wildman–Crippen MR) is 101 cm³/mol. The van der Waals surface area contributed by atoms with Crippen molar-refractivity contribution in [2.75, 3.05) is 13.1 Å². The van der Waals surface area contributed by atoms with Crippen molar-refractivity contribution in [2.45, 2.75) is 65.3 Å². The third kappa shape index (κ3) is 5.87. The Morgan fingerprint density at radius 3 is 2.48 bits per heavy atom. The molecule has 138 valence electrons. The van der Waals surface area contributed by atoms with E-state index in [0.29, 0.717) is 6.42 Å². The summed E-state index contributed by atoms with van der Waals surface area (Å²) in [4.78, 5) is 26.6. The van der Waals surface area contributed by atoms with Gasteiger partial charge in [0.1, 0.15) is 0 Å². The molecule has 0 radical (unpaired) electrons. The molecule has 1 fully saturated rings. The zero-order chi connectivity index (χ0) is 18.2. The normalized spacial score (nSPS) is 15.4. The highest BCUT2D eigenvalue weighted by molar-refractivity contribution is 5.79. The van der Waals surface area contributed by atoms with E-state index in [2.05, 4.69) is 44.3 Å². The highest BCUT2D eigenvalue weighted by atomic mass is 16.2. The standard InChI is InChI=1S/C21H32N2O2/c1-4-18(5-2)21(25)23-13-11-19(12-14-23)22-20(24)10-9-17-8-6-7-16(3)15-17/h6-8,15,18-19H,4-5,9-14H2,1-3H3,(H,22,24). The van der Waals surface area contributed by atoms with Gasteiger partial charge in [-0.05, 0) is 44.6 Å². The van der Waals surface area contributed by atoms with Crippen molar-refractivity contribution in [3.63, 3.8) is 0 Å². The molecule has 0 unspecified atom stereocenters. The van der Waals surface area contributed by atoms with Crippen molar-refractivity contribution < 1.29 is 9.59 Å². The molecule has 0 spiro atoms. The molecule has 1 aliphatic rings. The molecule has 4 heteroatoms. The molecule has 4 nitrogen and oxygen atoms in total. The van der Waals surface area contributed by atoms with E-state index in [9.17, 15) is 9.59 Å². The number of nitrogens with zero attached hydrogens (tertiary/aromatic N) is 1. The molecule has 1 saturated heterocycles. The van der Waals surface area contributed by atoms with Crippen LogP contribution >= 0.6 is 0 Å². The summed E-state index contributed by atoms with van der Waals surface area (Å²) in [5.74, 6) is 0.556. The minimum Gasteiger partial charge on any atom is -0.353 e. The van der Waals surface area contributed by atoms with E-state index in [1.54, 1.807) is 0 Å². The molecular formula is C21H32N2O2. The predicted octanol–water partition coefficient (Wildman–Crippen LogP) is 3.47. The lowest BCUT2D eigenvalue weighted by Crippen LogP contribution is -2.48. The van der Waals surface area contributed by atoms with Crippen LogP contribution in [0.3, 0.4) is 0 Å². The number of carbonyl (C=O) groups excluding carboxylic acids is 2. The number of nitrogens with one attached hydrogen (secondary N) is 1. The second kappa shape index (κ2) is 9.59. The Kier molecular flexibility index (Phi) is 7.48. The smallest absolute Gasteiger partial charge is 0.225 e. The van der Waals surface area contributed by atoms with E-state index in [-0.39, 0.29) is 23.8 Å². The molecule has 1 aliphatic heterocycles. The SMILES string of the molecule is CCC(CC)C(=O)N1CCC(NC(=O)CCc2cccc(C)c2)CC1. The van der Waals surface area contributed by atoms with Gasteiger partial charge < -0.3 is 10.2 Å². The minimum absolute atomic E-state index is 0.117. The first-order valence-electron chi connectivity index (χ1n) is 9.67. The molecule has 0 bridgehead atoms. The van der Waals surface area contributed by atoms with E-state index in [1.165, 1.54) is 11.1 Å². The number of amides is 2. The molecule has 0 atom stereocenters. The molecule has 25 heavy (non-hydrogen) atoms. The summed E-state index contributed by atoms with van der Waals surface area (Å²) < 4.78 is 0. The summed E-state index contributed by atoms with van der Waals surface area (Å²) in [6.45, 7) is 7.75. The Labute approximate surface area is 152 Å². The molecular weight excluding hydrogens is 312 g/mol. The first-order valence-corrected chi connectivity index (χ1v) is 9.67. The van der Waals surface area contributed by atoms with E-state index < -0.39 is 0 Å². The Bertz CT molecular complexity index is 573. The largest absolute Gasteiger partial charge is 0.353 e. The van der Waals surface area contributed by atoms with Crippen LogP contribution in [0, 0.1) is 12.8 Å². The number of hydrogen-bond donors (Lipinski definition) is 1. The van der Waals surface area contributed by atoms with Crippen molar-refractivity contribution in [1.29, 1.82) is 0 Å². The van der Waals surface area contributed by atoms with Gasteiger partial charge in [-0.3, -0.25) is 9.59 Å². The third-order valence-electron chi connectivity index (χ3n) is 5.23. The molecule has 1 aromatic rings. The number of benzene rings is 1. The lowest BCUT2D eigenvalue weighted by Gasteiger charge is -2.34. The summed E-state index contributed by atoms with van der Waals surface area (Å²) in [6, 6.07) is 8.52. The monoisotopic (exact) mass is 344 g/mol. The molecule has 0 aliphatic carbocycles. The lowest BCUT2D eigenvalue weighted by atomic mass is 9.98. The van der Waals surface area contributed by atoms with Gasteiger partial charge in [0.25, 0.3) is 0 Å². The highest BCUT2D eigenvalue weighted by Gasteiger charge is 2.26. The number of hydrogen-bond acceptors (Lipinski definition) is 2. The molecule has 0 aromatic heterocycles. The fraction of sp³-hybridized carbons (Fsp3) is 0.619. The van der Waals surface area contributed by atoms with Crippen molar-refractivity contribution in [2.24, 2.45) is 5.92 Å². The Hall–Kier alpha value is -1.84. The summed E-state index contributed by atoms with van der Waals surface area (Å²) in [5, 5.41) is 3.14. The van der Waals surface area contributed by atoms with Gasteiger partial charge in [-0.1, -0.05) is 43.7 Å². The van der Waals surface area contributed by atoms with Crippen LogP contribution in [0.15, 0.2) is 24.3 Å². The van der Waals surface area contributed by atoms with Crippen molar-refractivity contribution in [3.05, 3.63) is 35.4 Å². The highest BCUT2D eigenvalue weighted by Crippen LogP contribution is 2.17. The van der Waals surface area contributed by atoms with Gasteiger partial charge in [0, 0.05) is 31.5 Å². The number of carbonyl (C=O) groups is 2. The van der Waals surface area contributed by atoms with Gasteiger partial charge >= 0.3 is 0 Å². The average Bonchev–Trinajstić information content (AvgIpc) is 2.61. The van der Waals surface area contributed by atoms with Gasteiger partial charge in [-0.25, -0.2) is 0 Å². The van der Waals surface area contributed by atoms with Crippen LogP contribution in [0.2, 0.25) is 0 Å². The first-order chi connectivity index (χ1) is 12.0. The maximum atomic E-state index is 12.4. The van der Waals surface area contributed by atoms with E-state index in [1.807, 2.05) is 11.0 Å². The van der Waals surface area contributed by atoms with Crippen LogP contribution in [0.1, 0.15) is 57.1 Å². The average molecular weight is 344 g/mol. The second-order valence-electron chi connectivity index (χ2n) is 7.17. The van der Waals surface area contributed by atoms with Crippen molar-refractivity contribution >= 4 is 11.8 Å². The van der Waals surface area contributed by atoms with Crippen LogP contribution in [0.25, 0.3) is 0 Å². The van der Waals surface area contributed by atoms with Crippen LogP contribution in [-0.2, 0) is 16.0 Å². The second-order valence-corrected chi connectivity index (χ2v) is 7.17.